The van der Waals surface area contributed by atoms with Crippen molar-refractivity contribution in [3.8, 4) is 0 Å². The second kappa shape index (κ2) is 7.46. The molecule has 0 aliphatic carbocycles. The normalized spacial score (nSPS) is 11.7. The van der Waals surface area contributed by atoms with Crippen molar-refractivity contribution in [2.75, 3.05) is 0 Å². The van der Waals surface area contributed by atoms with Gasteiger partial charge in [0.1, 0.15) is 5.82 Å². The van der Waals surface area contributed by atoms with Crippen LogP contribution in [0.1, 0.15) is 23.0 Å². The zero-order valence-corrected chi connectivity index (χ0v) is 15.8. The molecular weight excluding hydrogens is 394 g/mol. The third-order valence-corrected chi connectivity index (χ3v) is 4.50. The largest absolute Gasteiger partial charge is 0.292 e. The van der Waals surface area contributed by atoms with Crippen LogP contribution < -0.4 is 11.0 Å². The minimum atomic E-state index is -0.650. The highest BCUT2D eigenvalue weighted by Gasteiger charge is 2.16. The summed E-state index contributed by atoms with van der Waals surface area (Å²) < 4.78 is 14.7. The lowest BCUT2D eigenvalue weighted by Crippen LogP contribution is -2.27. The van der Waals surface area contributed by atoms with E-state index in [-0.39, 0.29) is 32.6 Å². The average Bonchev–Trinajstić information content (AvgIpc) is 2.65. The van der Waals surface area contributed by atoms with Gasteiger partial charge in [0, 0.05) is 18.0 Å². The first-order valence-corrected chi connectivity index (χ1v) is 8.50. The molecule has 1 N–H and O–H groups in total. The van der Waals surface area contributed by atoms with Crippen molar-refractivity contribution in [2.24, 2.45) is 12.1 Å². The summed E-state index contributed by atoms with van der Waals surface area (Å²) >= 11 is 11.7. The number of benzene rings is 2. The topological polar surface area (TPSA) is 76.3 Å². The molecule has 27 heavy (non-hydrogen) atoms. The summed E-state index contributed by atoms with van der Waals surface area (Å²) in [6, 6.07) is 9.03. The van der Waals surface area contributed by atoms with E-state index in [4.69, 9.17) is 23.2 Å². The fraction of sp³-hybridized carbons (Fsp3) is 0.111. The van der Waals surface area contributed by atoms with Gasteiger partial charge < -0.3 is 0 Å². The maximum Gasteiger partial charge on any atom is 0.292 e. The highest BCUT2D eigenvalue weighted by molar-refractivity contribution is 6.37. The highest BCUT2D eigenvalue weighted by atomic mass is 35.5. The molecule has 2 aromatic carbocycles. The molecular formula is C18H13Cl2FN4O2. The van der Waals surface area contributed by atoms with E-state index >= 15 is 0 Å². The number of hydrogen-bond acceptors (Lipinski definition) is 4. The van der Waals surface area contributed by atoms with Crippen LogP contribution in [-0.4, -0.2) is 21.4 Å². The van der Waals surface area contributed by atoms with Gasteiger partial charge in [-0.1, -0.05) is 41.4 Å². The number of aryl methyl sites for hydroxylation is 1. The van der Waals surface area contributed by atoms with Gasteiger partial charge in [0.05, 0.1) is 21.1 Å². The predicted molar refractivity (Wildman–Crippen MR) is 103 cm³/mol. The van der Waals surface area contributed by atoms with E-state index in [1.54, 1.807) is 31.2 Å². The Hall–Kier alpha value is -2.77. The standard InChI is InChI=1S/C18H13Cl2FN4O2/c1-9(12-7-15(21)14(20)8-13(12)19)22-23-17(26)16-10-5-3-4-6-11(10)18(27)25(2)24-16/h3-8H,1-2H3,(H,23,26)/b22-9-. The Labute approximate surface area is 163 Å². The smallest absolute Gasteiger partial charge is 0.267 e. The minimum absolute atomic E-state index is 0.0395. The number of carbonyl (C=O) groups excluding carboxylic acids is 1. The number of nitrogens with one attached hydrogen (secondary N) is 1. The van der Waals surface area contributed by atoms with E-state index in [0.29, 0.717) is 10.8 Å². The van der Waals surface area contributed by atoms with Crippen LogP contribution in [0.25, 0.3) is 10.8 Å². The number of halogens is 3. The summed E-state index contributed by atoms with van der Waals surface area (Å²) in [5.41, 5.74) is 2.64. The first-order chi connectivity index (χ1) is 12.8. The van der Waals surface area contributed by atoms with Crippen molar-refractivity contribution in [2.45, 2.75) is 6.92 Å². The quantitative estimate of drug-likeness (QED) is 0.410. The maximum absolute atomic E-state index is 13.7. The van der Waals surface area contributed by atoms with Crippen molar-refractivity contribution in [1.29, 1.82) is 0 Å². The Morgan fingerprint density at radius 1 is 1.19 bits per heavy atom. The molecule has 3 aromatic rings. The van der Waals surface area contributed by atoms with Gasteiger partial charge in [-0.25, -0.2) is 14.5 Å². The molecule has 1 aromatic heterocycles. The number of amides is 1. The monoisotopic (exact) mass is 406 g/mol. The lowest BCUT2D eigenvalue weighted by atomic mass is 10.1. The van der Waals surface area contributed by atoms with Crippen molar-refractivity contribution in [3.63, 3.8) is 0 Å². The van der Waals surface area contributed by atoms with E-state index in [2.05, 4.69) is 15.6 Å². The van der Waals surface area contributed by atoms with E-state index < -0.39 is 11.7 Å². The summed E-state index contributed by atoms with van der Waals surface area (Å²) in [6.07, 6.45) is 0. The van der Waals surface area contributed by atoms with Gasteiger partial charge in [-0.3, -0.25) is 9.59 Å². The van der Waals surface area contributed by atoms with Crippen LogP contribution >= 0.6 is 23.2 Å². The fourth-order valence-corrected chi connectivity index (χ4v) is 3.03. The maximum atomic E-state index is 13.7. The molecule has 0 radical (unpaired) electrons. The van der Waals surface area contributed by atoms with E-state index in [0.717, 1.165) is 10.7 Å². The summed E-state index contributed by atoms with van der Waals surface area (Å²) in [6.45, 7) is 1.56. The van der Waals surface area contributed by atoms with Crippen LogP contribution in [0, 0.1) is 5.82 Å². The van der Waals surface area contributed by atoms with Crippen LogP contribution in [-0.2, 0) is 7.05 Å². The molecule has 6 nitrogen and oxygen atoms in total. The molecule has 0 unspecified atom stereocenters. The first kappa shape index (κ1) is 19.0. The van der Waals surface area contributed by atoms with Crippen molar-refractivity contribution in [3.05, 3.63) is 73.9 Å². The Bertz CT molecular complexity index is 1160. The molecule has 0 fully saturated rings. The number of fused-ring (bicyclic) bond motifs is 1. The highest BCUT2D eigenvalue weighted by Crippen LogP contribution is 2.24. The Balaban J connectivity index is 1.96. The number of hydrogen-bond donors (Lipinski definition) is 1. The van der Waals surface area contributed by atoms with Gasteiger partial charge in [0.2, 0.25) is 0 Å². The second-order valence-corrected chi connectivity index (χ2v) is 6.52. The van der Waals surface area contributed by atoms with Crippen molar-refractivity contribution >= 4 is 45.6 Å². The molecule has 1 amide bonds. The van der Waals surface area contributed by atoms with E-state index in [1.807, 2.05) is 0 Å². The number of aromatic nitrogens is 2. The average molecular weight is 407 g/mol. The molecule has 0 aliphatic rings. The molecule has 0 atom stereocenters. The zero-order chi connectivity index (χ0) is 19.7. The summed E-state index contributed by atoms with van der Waals surface area (Å²) in [7, 11) is 1.45. The van der Waals surface area contributed by atoms with Gasteiger partial charge in [0.15, 0.2) is 5.69 Å². The van der Waals surface area contributed by atoms with Crippen LogP contribution in [0.2, 0.25) is 10.0 Å². The first-order valence-electron chi connectivity index (χ1n) is 7.75. The number of nitrogens with zero attached hydrogens (tertiary/aromatic N) is 3. The minimum Gasteiger partial charge on any atom is -0.267 e. The van der Waals surface area contributed by atoms with Crippen LogP contribution in [0.15, 0.2) is 46.3 Å². The van der Waals surface area contributed by atoms with Gasteiger partial charge in [-0.2, -0.15) is 10.2 Å². The number of rotatable bonds is 3. The SMILES string of the molecule is C/C(=N/NC(=O)c1nn(C)c(=O)c2ccccc12)c1cc(F)c(Cl)cc1Cl. The van der Waals surface area contributed by atoms with Crippen LogP contribution in [0.5, 0.6) is 0 Å². The Kier molecular flexibility index (Phi) is 5.25. The fourth-order valence-electron chi connectivity index (χ4n) is 2.52. The van der Waals surface area contributed by atoms with Gasteiger partial charge in [0.25, 0.3) is 11.5 Å². The molecule has 0 aliphatic heterocycles. The van der Waals surface area contributed by atoms with Gasteiger partial charge in [-0.05, 0) is 25.1 Å². The van der Waals surface area contributed by atoms with E-state index in [9.17, 15) is 14.0 Å². The molecule has 1 heterocycles. The molecule has 0 spiro atoms. The lowest BCUT2D eigenvalue weighted by Gasteiger charge is -2.08. The Morgan fingerprint density at radius 3 is 2.56 bits per heavy atom. The number of hydrazone groups is 1. The zero-order valence-electron chi connectivity index (χ0n) is 14.3. The van der Waals surface area contributed by atoms with Crippen LogP contribution in [0.4, 0.5) is 4.39 Å². The molecule has 0 saturated carbocycles. The number of carbonyl (C=O) groups is 1. The molecule has 0 saturated heterocycles. The predicted octanol–water partition coefficient (Wildman–Crippen LogP) is 3.53. The van der Waals surface area contributed by atoms with Gasteiger partial charge in [-0.15, -0.1) is 0 Å². The van der Waals surface area contributed by atoms with Gasteiger partial charge >= 0.3 is 0 Å². The van der Waals surface area contributed by atoms with E-state index in [1.165, 1.54) is 13.1 Å². The molecule has 3 rings (SSSR count). The molecule has 138 valence electrons. The summed E-state index contributed by atoms with van der Waals surface area (Å²) in [5, 5.41) is 8.83. The third-order valence-electron chi connectivity index (χ3n) is 3.90. The lowest BCUT2D eigenvalue weighted by molar-refractivity contribution is 0.0949. The Morgan fingerprint density at radius 2 is 1.85 bits per heavy atom. The summed E-state index contributed by atoms with van der Waals surface area (Å²) in [4.78, 5) is 24.7. The summed E-state index contributed by atoms with van der Waals surface area (Å²) in [5.74, 6) is -1.27. The molecule has 0 bridgehead atoms. The van der Waals surface area contributed by atoms with Crippen molar-refractivity contribution in [1.82, 2.24) is 15.2 Å². The second-order valence-electron chi connectivity index (χ2n) is 5.71. The van der Waals surface area contributed by atoms with Crippen molar-refractivity contribution < 1.29 is 9.18 Å². The third kappa shape index (κ3) is 3.70. The van der Waals surface area contributed by atoms with Crippen LogP contribution in [0.3, 0.4) is 0 Å². The molecule has 9 heteroatoms.